The van der Waals surface area contributed by atoms with Gasteiger partial charge in [-0.1, -0.05) is 12.1 Å². The third kappa shape index (κ3) is 3.06. The Balaban J connectivity index is 1.83. The highest BCUT2D eigenvalue weighted by Crippen LogP contribution is 2.21. The van der Waals surface area contributed by atoms with Crippen LogP contribution in [-0.4, -0.2) is 25.8 Å². The Kier molecular flexibility index (Phi) is 3.60. The van der Waals surface area contributed by atoms with Crippen molar-refractivity contribution >= 4 is 11.6 Å². The van der Waals surface area contributed by atoms with E-state index < -0.39 is 0 Å². The van der Waals surface area contributed by atoms with Crippen LogP contribution in [0.15, 0.2) is 61.6 Å². The fourth-order valence-corrected chi connectivity index (χ4v) is 1.84. The van der Waals surface area contributed by atoms with Gasteiger partial charge in [0.15, 0.2) is 0 Å². The molecule has 21 heavy (non-hydrogen) atoms. The van der Waals surface area contributed by atoms with Crippen LogP contribution in [0.3, 0.4) is 0 Å². The molecular weight excluding hydrogens is 266 g/mol. The molecule has 2 heterocycles. The van der Waals surface area contributed by atoms with E-state index in [0.29, 0.717) is 5.69 Å². The summed E-state index contributed by atoms with van der Waals surface area (Å²) >= 11 is 0. The zero-order valence-electron chi connectivity index (χ0n) is 11.0. The van der Waals surface area contributed by atoms with Gasteiger partial charge in [0.05, 0.1) is 6.20 Å². The van der Waals surface area contributed by atoms with Gasteiger partial charge in [-0.25, -0.2) is 15.0 Å². The second kappa shape index (κ2) is 5.87. The molecule has 0 aliphatic heterocycles. The van der Waals surface area contributed by atoms with Gasteiger partial charge in [-0.15, -0.1) is 0 Å². The third-order valence-corrected chi connectivity index (χ3v) is 2.81. The number of rotatable bonds is 3. The minimum Gasteiger partial charge on any atom is -0.321 e. The quantitative estimate of drug-likeness (QED) is 0.793. The molecule has 0 spiro atoms. The van der Waals surface area contributed by atoms with Gasteiger partial charge in [0.1, 0.15) is 12.0 Å². The highest BCUT2D eigenvalue weighted by molar-refractivity contribution is 6.02. The van der Waals surface area contributed by atoms with Gasteiger partial charge in [0.25, 0.3) is 5.91 Å². The van der Waals surface area contributed by atoms with E-state index in [-0.39, 0.29) is 11.6 Å². The Hall–Kier alpha value is -3.15. The number of carbonyl (C=O) groups excluding carboxylic acids is 1. The average molecular weight is 277 g/mol. The lowest BCUT2D eigenvalue weighted by Gasteiger charge is -2.06. The summed E-state index contributed by atoms with van der Waals surface area (Å²) in [5.41, 5.74) is 2.75. The van der Waals surface area contributed by atoms with Crippen LogP contribution >= 0.6 is 0 Å². The lowest BCUT2D eigenvalue weighted by atomic mass is 10.1. The number of amides is 1. The van der Waals surface area contributed by atoms with Crippen molar-refractivity contribution in [3.05, 3.63) is 67.3 Å². The Morgan fingerprint density at radius 1 is 0.952 bits per heavy atom. The number of hydrogen-bond donors (Lipinski definition) is 1. The largest absolute Gasteiger partial charge is 0.321 e. The van der Waals surface area contributed by atoms with Crippen LogP contribution in [0.5, 0.6) is 0 Å². The standard InChI is InChI=1S/C15H11N5O/c21-15(14-9-16-4-5-19-14)20-13-3-1-2-11(6-13)12-7-17-10-18-8-12/h1-10H,(H,20,21). The van der Waals surface area contributed by atoms with E-state index in [1.165, 1.54) is 24.9 Å². The summed E-state index contributed by atoms with van der Waals surface area (Å²) < 4.78 is 0. The van der Waals surface area contributed by atoms with Gasteiger partial charge in [0.2, 0.25) is 0 Å². The first-order valence-corrected chi connectivity index (χ1v) is 6.26. The normalized spacial score (nSPS) is 10.1. The van der Waals surface area contributed by atoms with E-state index in [2.05, 4.69) is 25.3 Å². The Bertz CT molecular complexity index is 746. The van der Waals surface area contributed by atoms with Crippen molar-refractivity contribution in [3.8, 4) is 11.1 Å². The van der Waals surface area contributed by atoms with Crippen molar-refractivity contribution in [2.45, 2.75) is 0 Å². The zero-order chi connectivity index (χ0) is 14.5. The molecule has 0 aliphatic rings. The van der Waals surface area contributed by atoms with Gasteiger partial charge in [0, 0.05) is 36.0 Å². The molecule has 0 aliphatic carbocycles. The van der Waals surface area contributed by atoms with Crippen LogP contribution in [0.25, 0.3) is 11.1 Å². The molecule has 3 aromatic rings. The molecule has 0 fully saturated rings. The number of nitrogens with one attached hydrogen (secondary N) is 1. The van der Waals surface area contributed by atoms with E-state index in [1.807, 2.05) is 24.3 Å². The lowest BCUT2D eigenvalue weighted by molar-refractivity contribution is 0.102. The second-order valence-corrected chi connectivity index (χ2v) is 4.25. The minimum atomic E-state index is -0.301. The molecule has 0 saturated carbocycles. The first kappa shape index (κ1) is 12.9. The molecule has 0 saturated heterocycles. The minimum absolute atomic E-state index is 0.269. The Morgan fingerprint density at radius 2 is 1.81 bits per heavy atom. The molecule has 2 aromatic heterocycles. The summed E-state index contributed by atoms with van der Waals surface area (Å²) in [6, 6.07) is 7.44. The monoisotopic (exact) mass is 277 g/mol. The fourth-order valence-electron chi connectivity index (χ4n) is 1.84. The van der Waals surface area contributed by atoms with Gasteiger partial charge < -0.3 is 5.32 Å². The van der Waals surface area contributed by atoms with Gasteiger partial charge in [-0.3, -0.25) is 9.78 Å². The summed E-state index contributed by atoms with van der Waals surface area (Å²) in [5, 5.41) is 2.79. The van der Waals surface area contributed by atoms with Crippen molar-refractivity contribution < 1.29 is 4.79 Å². The lowest BCUT2D eigenvalue weighted by Crippen LogP contribution is -2.13. The molecule has 0 unspecified atom stereocenters. The SMILES string of the molecule is O=C(Nc1cccc(-c2cncnc2)c1)c1cnccn1. The summed E-state index contributed by atoms with van der Waals surface area (Å²) in [6.45, 7) is 0. The van der Waals surface area contributed by atoms with Crippen LogP contribution in [0.1, 0.15) is 10.5 Å². The van der Waals surface area contributed by atoms with Crippen molar-refractivity contribution in [1.29, 1.82) is 0 Å². The van der Waals surface area contributed by atoms with E-state index in [1.54, 1.807) is 12.4 Å². The van der Waals surface area contributed by atoms with Crippen LogP contribution in [0.2, 0.25) is 0 Å². The predicted octanol–water partition coefficient (Wildman–Crippen LogP) is 2.19. The number of aromatic nitrogens is 4. The smallest absolute Gasteiger partial charge is 0.275 e. The molecule has 6 heteroatoms. The van der Waals surface area contributed by atoms with Crippen LogP contribution in [0.4, 0.5) is 5.69 Å². The molecule has 6 nitrogen and oxygen atoms in total. The maximum Gasteiger partial charge on any atom is 0.275 e. The first-order valence-electron chi connectivity index (χ1n) is 6.26. The van der Waals surface area contributed by atoms with Crippen LogP contribution in [-0.2, 0) is 0 Å². The highest BCUT2D eigenvalue weighted by atomic mass is 16.1. The number of hydrogen-bond acceptors (Lipinski definition) is 5. The summed E-state index contributed by atoms with van der Waals surface area (Å²) in [5.74, 6) is -0.301. The maximum atomic E-state index is 12.0. The topological polar surface area (TPSA) is 80.7 Å². The Labute approximate surface area is 121 Å². The first-order chi connectivity index (χ1) is 10.3. The van der Waals surface area contributed by atoms with Gasteiger partial charge in [-0.05, 0) is 17.7 Å². The number of anilines is 1. The van der Waals surface area contributed by atoms with Crippen LogP contribution in [0, 0.1) is 0 Å². The average Bonchev–Trinajstić information content (AvgIpc) is 2.57. The molecular formula is C15H11N5O. The summed E-state index contributed by atoms with van der Waals surface area (Å²) in [4.78, 5) is 27.8. The van der Waals surface area contributed by atoms with E-state index in [9.17, 15) is 4.79 Å². The number of nitrogens with zero attached hydrogens (tertiary/aromatic N) is 4. The summed E-state index contributed by atoms with van der Waals surface area (Å²) in [6.07, 6.45) is 9.33. The summed E-state index contributed by atoms with van der Waals surface area (Å²) in [7, 11) is 0. The van der Waals surface area contributed by atoms with Crippen molar-refractivity contribution in [2.75, 3.05) is 5.32 Å². The van der Waals surface area contributed by atoms with Crippen molar-refractivity contribution in [1.82, 2.24) is 19.9 Å². The predicted molar refractivity (Wildman–Crippen MR) is 77.5 cm³/mol. The number of carbonyl (C=O) groups is 1. The van der Waals surface area contributed by atoms with Gasteiger partial charge in [-0.2, -0.15) is 0 Å². The second-order valence-electron chi connectivity index (χ2n) is 4.25. The molecule has 1 N–H and O–H groups in total. The van der Waals surface area contributed by atoms with E-state index in [0.717, 1.165) is 11.1 Å². The van der Waals surface area contributed by atoms with Crippen molar-refractivity contribution in [3.63, 3.8) is 0 Å². The maximum absolute atomic E-state index is 12.0. The molecule has 0 bridgehead atoms. The van der Waals surface area contributed by atoms with Gasteiger partial charge >= 0.3 is 0 Å². The van der Waals surface area contributed by atoms with Crippen molar-refractivity contribution in [2.24, 2.45) is 0 Å². The highest BCUT2D eigenvalue weighted by Gasteiger charge is 2.08. The van der Waals surface area contributed by atoms with E-state index >= 15 is 0 Å². The molecule has 102 valence electrons. The molecule has 3 rings (SSSR count). The molecule has 0 atom stereocenters. The number of benzene rings is 1. The zero-order valence-corrected chi connectivity index (χ0v) is 11.0. The third-order valence-electron chi connectivity index (χ3n) is 2.81. The van der Waals surface area contributed by atoms with E-state index in [4.69, 9.17) is 0 Å². The molecule has 1 amide bonds. The molecule has 1 aromatic carbocycles. The molecule has 0 radical (unpaired) electrons. The fraction of sp³-hybridized carbons (Fsp3) is 0. The van der Waals surface area contributed by atoms with Crippen LogP contribution < -0.4 is 5.32 Å². The Morgan fingerprint density at radius 3 is 2.57 bits per heavy atom.